The third-order valence-corrected chi connectivity index (χ3v) is 2.55. The average Bonchev–Trinajstić information content (AvgIpc) is 2.23. The number of benzene rings is 1. The van der Waals surface area contributed by atoms with E-state index in [-0.39, 0.29) is 5.75 Å². The fourth-order valence-corrected chi connectivity index (χ4v) is 1.33. The van der Waals surface area contributed by atoms with E-state index in [2.05, 4.69) is 26.1 Å². The monoisotopic (exact) mass is 287 g/mol. The maximum atomic E-state index is 9.46. The Balaban J connectivity index is 2.84. The molecule has 0 fully saturated rings. The fourth-order valence-electron chi connectivity index (χ4n) is 0.818. The normalized spacial score (nSPS) is 12.3. The van der Waals surface area contributed by atoms with Gasteiger partial charge in [0.05, 0.1) is 6.21 Å². The van der Waals surface area contributed by atoms with Crippen molar-refractivity contribution >= 4 is 39.1 Å². The molecule has 0 radical (unpaired) electrons. The number of phenolic OH excluding ortho intramolecular Hbond substituents is 1. The lowest BCUT2D eigenvalue weighted by Crippen LogP contribution is -2.03. The SMILES string of the molecule is CSC(N)=NN=Cc1cc(Br)ccc1O. The average molecular weight is 288 g/mol. The molecule has 0 spiro atoms. The summed E-state index contributed by atoms with van der Waals surface area (Å²) in [6, 6.07) is 5.06. The molecule has 1 rings (SSSR count). The quantitative estimate of drug-likeness (QED) is 0.497. The Morgan fingerprint density at radius 1 is 1.60 bits per heavy atom. The van der Waals surface area contributed by atoms with E-state index in [4.69, 9.17) is 5.73 Å². The number of amidine groups is 1. The second-order valence-corrected chi connectivity index (χ2v) is 4.33. The van der Waals surface area contributed by atoms with Gasteiger partial charge >= 0.3 is 0 Å². The molecule has 0 unspecified atom stereocenters. The lowest BCUT2D eigenvalue weighted by atomic mass is 10.2. The molecule has 3 N–H and O–H groups in total. The first kappa shape index (κ1) is 12.1. The number of rotatable bonds is 2. The van der Waals surface area contributed by atoms with Gasteiger partial charge in [-0.1, -0.05) is 27.7 Å². The maximum Gasteiger partial charge on any atom is 0.180 e. The molecule has 0 saturated heterocycles. The van der Waals surface area contributed by atoms with Crippen LogP contribution < -0.4 is 5.73 Å². The number of thioether (sulfide) groups is 1. The summed E-state index contributed by atoms with van der Waals surface area (Å²) in [5, 5.41) is 17.3. The number of nitrogens with two attached hydrogens (primary N) is 1. The van der Waals surface area contributed by atoms with Crippen LogP contribution in [-0.4, -0.2) is 22.7 Å². The Hall–Kier alpha value is -1.01. The summed E-state index contributed by atoms with van der Waals surface area (Å²) in [6.07, 6.45) is 3.26. The highest BCUT2D eigenvalue weighted by atomic mass is 79.9. The van der Waals surface area contributed by atoms with E-state index >= 15 is 0 Å². The van der Waals surface area contributed by atoms with E-state index in [0.717, 1.165) is 4.47 Å². The van der Waals surface area contributed by atoms with Crippen LogP contribution in [0.25, 0.3) is 0 Å². The number of hydrogen-bond donors (Lipinski definition) is 2. The second kappa shape index (κ2) is 5.77. The maximum absolute atomic E-state index is 9.46. The lowest BCUT2D eigenvalue weighted by molar-refractivity contribution is 0.474. The first-order valence-corrected chi connectivity index (χ1v) is 6.04. The van der Waals surface area contributed by atoms with Crippen molar-refractivity contribution in [3.05, 3.63) is 28.2 Å². The molecule has 0 aliphatic heterocycles. The summed E-state index contributed by atoms with van der Waals surface area (Å²) in [6.45, 7) is 0. The fraction of sp³-hybridized carbons (Fsp3) is 0.111. The van der Waals surface area contributed by atoms with Gasteiger partial charge in [-0.05, 0) is 24.5 Å². The van der Waals surface area contributed by atoms with Crippen LogP contribution in [0.4, 0.5) is 0 Å². The second-order valence-electron chi connectivity index (χ2n) is 2.59. The van der Waals surface area contributed by atoms with Crippen molar-refractivity contribution < 1.29 is 5.11 Å². The van der Waals surface area contributed by atoms with E-state index in [1.807, 2.05) is 6.26 Å². The number of hydrogen-bond acceptors (Lipinski definition) is 4. The van der Waals surface area contributed by atoms with E-state index < -0.39 is 0 Å². The summed E-state index contributed by atoms with van der Waals surface area (Å²) in [7, 11) is 0. The summed E-state index contributed by atoms with van der Waals surface area (Å²) < 4.78 is 0.864. The Labute approximate surface area is 100 Å². The Kier molecular flexibility index (Phi) is 4.64. The minimum atomic E-state index is 0.153. The molecule has 80 valence electrons. The molecule has 0 atom stereocenters. The molecule has 0 saturated carbocycles. The summed E-state index contributed by atoms with van der Waals surface area (Å²) in [5.74, 6) is 0.153. The van der Waals surface area contributed by atoms with E-state index in [1.54, 1.807) is 18.2 Å². The minimum absolute atomic E-state index is 0.153. The van der Waals surface area contributed by atoms with Gasteiger partial charge in [0.15, 0.2) is 5.17 Å². The van der Waals surface area contributed by atoms with Crippen molar-refractivity contribution in [3.8, 4) is 5.75 Å². The molecule has 0 bridgehead atoms. The molecule has 1 aromatic carbocycles. The predicted octanol–water partition coefficient (Wildman–Crippen LogP) is 2.17. The highest BCUT2D eigenvalue weighted by molar-refractivity contribution is 9.10. The number of phenols is 1. The minimum Gasteiger partial charge on any atom is -0.507 e. The molecular formula is C9H10BrN3OS. The van der Waals surface area contributed by atoms with Gasteiger partial charge in [0.2, 0.25) is 0 Å². The van der Waals surface area contributed by atoms with Crippen molar-refractivity contribution in [2.75, 3.05) is 6.26 Å². The highest BCUT2D eigenvalue weighted by Gasteiger charge is 1.97. The van der Waals surface area contributed by atoms with Gasteiger partial charge in [-0.15, -0.1) is 5.10 Å². The predicted molar refractivity (Wildman–Crippen MR) is 68.5 cm³/mol. The van der Waals surface area contributed by atoms with Crippen LogP contribution in [0.2, 0.25) is 0 Å². The van der Waals surface area contributed by atoms with Gasteiger partial charge in [-0.3, -0.25) is 0 Å². The highest BCUT2D eigenvalue weighted by Crippen LogP contribution is 2.19. The zero-order valence-corrected chi connectivity index (χ0v) is 10.4. The molecule has 4 nitrogen and oxygen atoms in total. The molecular weight excluding hydrogens is 278 g/mol. The summed E-state index contributed by atoms with van der Waals surface area (Å²) in [5.41, 5.74) is 6.02. The van der Waals surface area contributed by atoms with Gasteiger partial charge in [0.25, 0.3) is 0 Å². The smallest absolute Gasteiger partial charge is 0.180 e. The molecule has 6 heteroatoms. The summed E-state index contributed by atoms with van der Waals surface area (Å²) in [4.78, 5) is 0. The standard InChI is InChI=1S/C9H10BrN3OS/c1-15-9(11)13-12-5-6-4-7(10)2-3-8(6)14/h2-5,14H,1H3,(H2,11,13). The van der Waals surface area contributed by atoms with Crippen LogP contribution in [0.1, 0.15) is 5.56 Å². The van der Waals surface area contributed by atoms with Crippen molar-refractivity contribution in [1.29, 1.82) is 0 Å². The van der Waals surface area contributed by atoms with Crippen LogP contribution >= 0.6 is 27.7 Å². The van der Waals surface area contributed by atoms with Gasteiger partial charge in [0.1, 0.15) is 5.75 Å². The van der Waals surface area contributed by atoms with E-state index in [1.165, 1.54) is 18.0 Å². The number of halogens is 1. The third kappa shape index (κ3) is 3.93. The first-order valence-electron chi connectivity index (χ1n) is 4.02. The summed E-state index contributed by atoms with van der Waals surface area (Å²) >= 11 is 4.60. The number of nitrogens with zero attached hydrogens (tertiary/aromatic N) is 2. The molecule has 0 aliphatic rings. The molecule has 0 aromatic heterocycles. The molecule has 1 aromatic rings. The largest absolute Gasteiger partial charge is 0.507 e. The van der Waals surface area contributed by atoms with Crippen molar-refractivity contribution in [2.24, 2.45) is 15.9 Å². The molecule has 0 amide bonds. The molecule has 0 aliphatic carbocycles. The van der Waals surface area contributed by atoms with Crippen LogP contribution in [0.5, 0.6) is 5.75 Å². The first-order chi connectivity index (χ1) is 7.13. The van der Waals surface area contributed by atoms with Gasteiger partial charge in [0, 0.05) is 10.0 Å². The molecule has 0 heterocycles. The Morgan fingerprint density at radius 2 is 2.33 bits per heavy atom. The van der Waals surface area contributed by atoms with Crippen molar-refractivity contribution in [3.63, 3.8) is 0 Å². The zero-order valence-electron chi connectivity index (χ0n) is 8.01. The van der Waals surface area contributed by atoms with Crippen LogP contribution in [-0.2, 0) is 0 Å². The van der Waals surface area contributed by atoms with E-state index in [9.17, 15) is 5.11 Å². The van der Waals surface area contributed by atoms with Gasteiger partial charge in [-0.25, -0.2) is 0 Å². The van der Waals surface area contributed by atoms with Crippen molar-refractivity contribution in [1.82, 2.24) is 0 Å². The van der Waals surface area contributed by atoms with Crippen molar-refractivity contribution in [2.45, 2.75) is 0 Å². The van der Waals surface area contributed by atoms with Crippen LogP contribution in [0.15, 0.2) is 32.9 Å². The lowest BCUT2D eigenvalue weighted by Gasteiger charge is -1.97. The molecule has 15 heavy (non-hydrogen) atoms. The van der Waals surface area contributed by atoms with E-state index in [0.29, 0.717) is 10.7 Å². The third-order valence-electron chi connectivity index (χ3n) is 1.55. The van der Waals surface area contributed by atoms with Crippen LogP contribution in [0, 0.1) is 0 Å². The van der Waals surface area contributed by atoms with Gasteiger partial charge < -0.3 is 10.8 Å². The zero-order chi connectivity index (χ0) is 11.3. The Bertz CT molecular complexity index is 406. The Morgan fingerprint density at radius 3 is 3.00 bits per heavy atom. The topological polar surface area (TPSA) is 71.0 Å². The van der Waals surface area contributed by atoms with Gasteiger partial charge in [-0.2, -0.15) is 5.10 Å². The van der Waals surface area contributed by atoms with Crippen LogP contribution in [0.3, 0.4) is 0 Å². The number of aromatic hydroxyl groups is 1.